The smallest absolute Gasteiger partial charge is 0.162 e. The van der Waals surface area contributed by atoms with Crippen LogP contribution in [-0.4, -0.2) is 10.8 Å². The molecule has 4 heteroatoms. The van der Waals surface area contributed by atoms with Crippen LogP contribution < -0.4 is 5.32 Å². The molecule has 3 nitrogen and oxygen atoms in total. The fourth-order valence-corrected chi connectivity index (χ4v) is 6.15. The van der Waals surface area contributed by atoms with Crippen LogP contribution in [0, 0.1) is 6.92 Å². The molecule has 0 unspecified atom stereocenters. The first-order chi connectivity index (χ1) is 15.2. The monoisotopic (exact) mass is 422 g/mol. The number of benzene rings is 2. The number of hydrogen-bond acceptors (Lipinski definition) is 4. The van der Waals surface area contributed by atoms with Gasteiger partial charge in [-0.3, -0.25) is 9.78 Å². The number of aryl methyl sites for hydroxylation is 1. The molecule has 1 aliphatic carbocycles. The van der Waals surface area contributed by atoms with Crippen LogP contribution in [0.25, 0.3) is 16.5 Å². The highest BCUT2D eigenvalue weighted by atomic mass is 32.1. The SMILES string of the molecule is Cc1ccsc1[C@@H]1Nc2ccc3ncccc3c2C2=C1C(=O)C[C@H](c1ccccc1)C2. The zero-order chi connectivity index (χ0) is 20.9. The number of rotatable bonds is 2. The van der Waals surface area contributed by atoms with Crippen molar-refractivity contribution in [1.82, 2.24) is 4.98 Å². The zero-order valence-electron chi connectivity index (χ0n) is 17.3. The molecule has 2 aromatic heterocycles. The van der Waals surface area contributed by atoms with Gasteiger partial charge in [0.15, 0.2) is 5.78 Å². The van der Waals surface area contributed by atoms with E-state index in [2.05, 4.69) is 71.1 Å². The first-order valence-electron chi connectivity index (χ1n) is 10.7. The third kappa shape index (κ3) is 2.94. The highest BCUT2D eigenvalue weighted by Crippen LogP contribution is 2.51. The summed E-state index contributed by atoms with van der Waals surface area (Å²) in [6.07, 6.45) is 3.26. The Labute approximate surface area is 185 Å². The number of carbonyl (C=O) groups is 1. The van der Waals surface area contributed by atoms with Crippen molar-refractivity contribution in [2.45, 2.75) is 31.7 Å². The number of pyridine rings is 1. The highest BCUT2D eigenvalue weighted by molar-refractivity contribution is 7.10. The van der Waals surface area contributed by atoms with E-state index in [1.165, 1.54) is 21.6 Å². The number of nitrogens with one attached hydrogen (secondary N) is 1. The molecular weight excluding hydrogens is 400 g/mol. The molecule has 3 heterocycles. The molecule has 1 aliphatic heterocycles. The largest absolute Gasteiger partial charge is 0.373 e. The topological polar surface area (TPSA) is 42.0 Å². The van der Waals surface area contributed by atoms with Crippen LogP contribution in [0.5, 0.6) is 0 Å². The number of carbonyl (C=O) groups excluding carboxylic acids is 1. The number of fused-ring (bicyclic) bond motifs is 4. The summed E-state index contributed by atoms with van der Waals surface area (Å²) >= 11 is 1.73. The molecule has 2 aliphatic rings. The van der Waals surface area contributed by atoms with E-state index in [1.807, 2.05) is 18.3 Å². The number of anilines is 1. The van der Waals surface area contributed by atoms with Gasteiger partial charge in [-0.25, -0.2) is 0 Å². The molecule has 2 aromatic carbocycles. The van der Waals surface area contributed by atoms with Gasteiger partial charge in [0.2, 0.25) is 0 Å². The van der Waals surface area contributed by atoms with Gasteiger partial charge in [0, 0.05) is 39.7 Å². The lowest BCUT2D eigenvalue weighted by molar-refractivity contribution is -0.116. The third-order valence-electron chi connectivity index (χ3n) is 6.62. The van der Waals surface area contributed by atoms with Crippen LogP contribution in [0.1, 0.15) is 46.4 Å². The summed E-state index contributed by atoms with van der Waals surface area (Å²) in [6, 6.07) is 20.8. The van der Waals surface area contributed by atoms with Gasteiger partial charge in [-0.1, -0.05) is 36.4 Å². The van der Waals surface area contributed by atoms with Crippen LogP contribution in [-0.2, 0) is 4.79 Å². The second-order valence-electron chi connectivity index (χ2n) is 8.43. The van der Waals surface area contributed by atoms with Gasteiger partial charge in [-0.15, -0.1) is 11.3 Å². The lowest BCUT2D eigenvalue weighted by atomic mass is 9.72. The molecule has 6 rings (SSSR count). The Bertz CT molecular complexity index is 1350. The molecule has 0 saturated carbocycles. The van der Waals surface area contributed by atoms with Crippen molar-refractivity contribution in [1.29, 1.82) is 0 Å². The fraction of sp³-hybridized carbons (Fsp3) is 0.185. The minimum Gasteiger partial charge on any atom is -0.373 e. The zero-order valence-corrected chi connectivity index (χ0v) is 18.1. The van der Waals surface area contributed by atoms with Crippen molar-refractivity contribution in [3.8, 4) is 0 Å². The number of thiophene rings is 1. The quantitative estimate of drug-likeness (QED) is 0.392. The normalized spacial score (nSPS) is 20.4. The van der Waals surface area contributed by atoms with E-state index >= 15 is 0 Å². The van der Waals surface area contributed by atoms with Gasteiger partial charge in [-0.05, 0) is 65.6 Å². The lowest BCUT2D eigenvalue weighted by Gasteiger charge is -2.37. The highest BCUT2D eigenvalue weighted by Gasteiger charge is 2.39. The van der Waals surface area contributed by atoms with Crippen LogP contribution in [0.2, 0.25) is 0 Å². The number of ketones is 1. The Kier molecular flexibility index (Phi) is 4.29. The van der Waals surface area contributed by atoms with E-state index in [1.54, 1.807) is 11.3 Å². The summed E-state index contributed by atoms with van der Waals surface area (Å²) in [5, 5.41) is 6.95. The Hall–Kier alpha value is -3.24. The Morgan fingerprint density at radius 3 is 2.68 bits per heavy atom. The van der Waals surface area contributed by atoms with Gasteiger partial charge < -0.3 is 5.32 Å². The predicted molar refractivity (Wildman–Crippen MR) is 128 cm³/mol. The summed E-state index contributed by atoms with van der Waals surface area (Å²) in [7, 11) is 0. The number of nitrogens with zero attached hydrogens (tertiary/aromatic N) is 1. The minimum absolute atomic E-state index is 0.0826. The molecule has 152 valence electrons. The Morgan fingerprint density at radius 2 is 1.87 bits per heavy atom. The summed E-state index contributed by atoms with van der Waals surface area (Å²) in [6.45, 7) is 2.13. The molecule has 0 radical (unpaired) electrons. The molecule has 1 N–H and O–H groups in total. The number of aromatic nitrogens is 1. The predicted octanol–water partition coefficient (Wildman–Crippen LogP) is 6.67. The number of allylic oxidation sites excluding steroid dienone is 1. The molecule has 0 saturated heterocycles. The summed E-state index contributed by atoms with van der Waals surface area (Å²) in [5.74, 6) is 0.461. The number of hydrogen-bond donors (Lipinski definition) is 1. The average Bonchev–Trinajstić information content (AvgIpc) is 3.24. The summed E-state index contributed by atoms with van der Waals surface area (Å²) < 4.78 is 0. The lowest BCUT2D eigenvalue weighted by Crippen LogP contribution is -2.29. The van der Waals surface area contributed by atoms with Crippen LogP contribution in [0.15, 0.2) is 77.8 Å². The van der Waals surface area contributed by atoms with Crippen molar-refractivity contribution < 1.29 is 4.79 Å². The third-order valence-corrected chi connectivity index (χ3v) is 7.70. The fourth-order valence-electron chi connectivity index (χ4n) is 5.17. The number of Topliss-reactive ketones (excluding diaryl/α,β-unsaturated/α-hetero) is 1. The van der Waals surface area contributed by atoms with Crippen LogP contribution >= 0.6 is 11.3 Å². The molecule has 0 amide bonds. The Morgan fingerprint density at radius 1 is 1.00 bits per heavy atom. The van der Waals surface area contributed by atoms with Gasteiger partial charge in [0.05, 0.1) is 11.6 Å². The van der Waals surface area contributed by atoms with Gasteiger partial charge in [0.1, 0.15) is 0 Å². The molecule has 0 fully saturated rings. The molecule has 2 atom stereocenters. The maximum absolute atomic E-state index is 13.7. The molecule has 0 spiro atoms. The molecule has 0 bridgehead atoms. The van der Waals surface area contributed by atoms with E-state index in [0.717, 1.165) is 34.1 Å². The van der Waals surface area contributed by atoms with Crippen molar-refractivity contribution in [3.05, 3.63) is 99.4 Å². The van der Waals surface area contributed by atoms with E-state index < -0.39 is 0 Å². The molecule has 31 heavy (non-hydrogen) atoms. The van der Waals surface area contributed by atoms with Gasteiger partial charge in [-0.2, -0.15) is 0 Å². The van der Waals surface area contributed by atoms with Crippen molar-refractivity contribution in [2.24, 2.45) is 0 Å². The van der Waals surface area contributed by atoms with Gasteiger partial charge >= 0.3 is 0 Å². The van der Waals surface area contributed by atoms with Crippen LogP contribution in [0.4, 0.5) is 5.69 Å². The van der Waals surface area contributed by atoms with E-state index in [4.69, 9.17) is 0 Å². The van der Waals surface area contributed by atoms with E-state index in [-0.39, 0.29) is 17.7 Å². The minimum atomic E-state index is -0.0826. The first-order valence-corrected chi connectivity index (χ1v) is 11.6. The maximum Gasteiger partial charge on any atom is 0.162 e. The molecular formula is C27H22N2OS. The molecule has 4 aromatic rings. The van der Waals surface area contributed by atoms with Crippen LogP contribution in [0.3, 0.4) is 0 Å². The first kappa shape index (κ1) is 18.5. The summed E-state index contributed by atoms with van der Waals surface area (Å²) in [4.78, 5) is 19.5. The Balaban J connectivity index is 1.60. The second kappa shape index (κ2) is 7.17. The van der Waals surface area contributed by atoms with E-state index in [0.29, 0.717) is 6.42 Å². The van der Waals surface area contributed by atoms with Gasteiger partial charge in [0.25, 0.3) is 0 Å². The van der Waals surface area contributed by atoms with Crippen molar-refractivity contribution >= 4 is 39.3 Å². The maximum atomic E-state index is 13.7. The average molecular weight is 423 g/mol. The standard InChI is InChI=1S/C27H22N2OS/c1-16-11-13-31-27(16)26-25-20(14-18(15-23(25)30)17-6-3-2-4-7-17)24-19-8-5-12-28-21(19)9-10-22(24)29-26/h2-13,18,26,29H,14-15H2,1H3/t18-,26-/m1/s1. The van der Waals surface area contributed by atoms with Crippen molar-refractivity contribution in [2.75, 3.05) is 5.32 Å². The van der Waals surface area contributed by atoms with E-state index in [9.17, 15) is 4.79 Å². The summed E-state index contributed by atoms with van der Waals surface area (Å²) in [5.41, 5.74) is 7.83. The van der Waals surface area contributed by atoms with Crippen molar-refractivity contribution in [3.63, 3.8) is 0 Å². The second-order valence-corrected chi connectivity index (χ2v) is 9.38.